The Morgan fingerprint density at radius 2 is 1.82 bits per heavy atom. The van der Waals surface area contributed by atoms with Crippen LogP contribution in [0.3, 0.4) is 0 Å². The van der Waals surface area contributed by atoms with E-state index in [0.29, 0.717) is 18.6 Å². The number of benzene rings is 1. The van der Waals surface area contributed by atoms with Crippen LogP contribution in [0.1, 0.15) is 29.6 Å². The van der Waals surface area contributed by atoms with Crippen molar-refractivity contribution in [2.24, 2.45) is 40.4 Å². The Hall–Kier alpha value is -1.88. The van der Waals surface area contributed by atoms with Crippen molar-refractivity contribution in [1.29, 1.82) is 0 Å². The van der Waals surface area contributed by atoms with E-state index in [4.69, 9.17) is 23.7 Å². The Balaban J connectivity index is 1.43. The number of esters is 1. The smallest absolute Gasteiger partial charge is 0.338 e. The van der Waals surface area contributed by atoms with E-state index in [2.05, 4.69) is 11.9 Å². The fourth-order valence-corrected chi connectivity index (χ4v) is 11.6. The first-order valence-electron chi connectivity index (χ1n) is 14.5. The lowest BCUT2D eigenvalue weighted by molar-refractivity contribution is -0.247. The summed E-state index contributed by atoms with van der Waals surface area (Å²) in [5.41, 5.74) is -1.80. The van der Waals surface area contributed by atoms with Crippen molar-refractivity contribution in [3.8, 4) is 0 Å². The van der Waals surface area contributed by atoms with Crippen LogP contribution < -0.4 is 0 Å². The van der Waals surface area contributed by atoms with Crippen LogP contribution in [-0.4, -0.2) is 106 Å². The van der Waals surface area contributed by atoms with Gasteiger partial charge in [0.05, 0.1) is 24.4 Å². The lowest BCUT2D eigenvalue weighted by atomic mass is 9.44. The fraction of sp³-hybridized carbons (Fsp3) is 0.742. The van der Waals surface area contributed by atoms with Gasteiger partial charge in [-0.25, -0.2) is 4.79 Å². The highest BCUT2D eigenvalue weighted by Gasteiger charge is 2.86. The standard InChI is InChI=1S/C31H41NO8/c1-32-14-29(15-36-2)12-11-18(37-3)31-17-13-30(35)26(40-28(34)16-9-7-6-8-10-16)19(17)20(22(33)27(30)39-5)21(25(31)32)23(38-4)24(29)31/h6-10,17-21,23-27,35H,11-15H2,1-5H3/t17-,18?,19-,20-,21?,23?,24+,25?,26+,27-,29-,30-,31?/m0/s1. The van der Waals surface area contributed by atoms with Crippen molar-refractivity contribution in [3.63, 3.8) is 0 Å². The van der Waals surface area contributed by atoms with Gasteiger partial charge in [0.2, 0.25) is 0 Å². The van der Waals surface area contributed by atoms with Gasteiger partial charge in [-0.3, -0.25) is 4.79 Å². The first-order valence-corrected chi connectivity index (χ1v) is 14.5. The number of ether oxygens (including phenoxy) is 5. The van der Waals surface area contributed by atoms with Crippen LogP contribution in [0.5, 0.6) is 0 Å². The Morgan fingerprint density at radius 3 is 2.48 bits per heavy atom. The molecule has 40 heavy (non-hydrogen) atoms. The minimum Gasteiger partial charge on any atom is -0.455 e. The monoisotopic (exact) mass is 555 g/mol. The van der Waals surface area contributed by atoms with Crippen molar-refractivity contribution in [1.82, 2.24) is 4.90 Å². The van der Waals surface area contributed by atoms with Crippen LogP contribution >= 0.6 is 0 Å². The van der Waals surface area contributed by atoms with Gasteiger partial charge in [-0.05, 0) is 44.4 Å². The normalized spacial score (nSPS) is 50.2. The number of rotatable bonds is 7. The molecule has 1 aliphatic heterocycles. The predicted molar refractivity (Wildman–Crippen MR) is 142 cm³/mol. The molecule has 5 aliphatic carbocycles. The molecule has 5 saturated carbocycles. The molecule has 7 rings (SSSR count). The fourth-order valence-electron chi connectivity index (χ4n) is 11.6. The zero-order valence-electron chi connectivity index (χ0n) is 23.9. The highest BCUT2D eigenvalue weighted by molar-refractivity contribution is 5.92. The average Bonchev–Trinajstić information content (AvgIpc) is 3.30. The van der Waals surface area contributed by atoms with Crippen molar-refractivity contribution in [2.75, 3.05) is 48.6 Å². The van der Waals surface area contributed by atoms with Crippen LogP contribution in [0.4, 0.5) is 0 Å². The maximum Gasteiger partial charge on any atom is 0.338 e. The van der Waals surface area contributed by atoms with E-state index < -0.39 is 35.1 Å². The minimum atomic E-state index is -1.63. The predicted octanol–water partition coefficient (Wildman–Crippen LogP) is 1.81. The van der Waals surface area contributed by atoms with Crippen LogP contribution in [0.25, 0.3) is 0 Å². The molecule has 1 N–H and O–H groups in total. The Kier molecular flexibility index (Phi) is 6.11. The van der Waals surface area contributed by atoms with Crippen molar-refractivity contribution >= 4 is 11.8 Å². The number of carbonyl (C=O) groups excluding carboxylic acids is 2. The van der Waals surface area contributed by atoms with Crippen molar-refractivity contribution in [2.45, 2.75) is 55.3 Å². The molecule has 0 radical (unpaired) electrons. The first-order chi connectivity index (χ1) is 19.2. The third kappa shape index (κ3) is 2.99. The molecule has 0 aromatic heterocycles. The number of nitrogens with zero attached hydrogens (tertiary/aromatic N) is 1. The van der Waals surface area contributed by atoms with Crippen molar-refractivity contribution in [3.05, 3.63) is 35.9 Å². The van der Waals surface area contributed by atoms with Crippen LogP contribution in [0, 0.1) is 40.4 Å². The van der Waals surface area contributed by atoms with Crippen molar-refractivity contribution < 1.29 is 38.4 Å². The molecule has 1 saturated heterocycles. The molecule has 218 valence electrons. The lowest BCUT2D eigenvalue weighted by Crippen LogP contribution is -2.74. The second-order valence-corrected chi connectivity index (χ2v) is 13.3. The molecule has 1 aromatic carbocycles. The molecule has 5 unspecified atom stereocenters. The summed E-state index contributed by atoms with van der Waals surface area (Å²) in [7, 11) is 8.93. The first kappa shape index (κ1) is 27.0. The number of Topliss-reactive ketones (excluding diaryl/α,β-unsaturated/α-hetero) is 1. The van der Waals surface area contributed by atoms with Gasteiger partial charge in [0, 0.05) is 75.5 Å². The highest BCUT2D eigenvalue weighted by atomic mass is 16.6. The molecule has 0 amide bonds. The third-order valence-corrected chi connectivity index (χ3v) is 12.1. The molecular formula is C31H41NO8. The van der Waals surface area contributed by atoms with E-state index in [1.165, 1.54) is 7.11 Å². The van der Waals surface area contributed by atoms with Gasteiger partial charge >= 0.3 is 5.97 Å². The molecule has 1 heterocycles. The SMILES string of the molecule is COC[C@@]12CCC(OC)C34C(C(C(OC)[C@@H]31)[C@H]1C(=O)[C@H](OC)[C@]3(O)C[C@H]4[C@@H]1[C@H]3OC(=O)c1ccccc1)N(C)C2. The summed E-state index contributed by atoms with van der Waals surface area (Å²) < 4.78 is 30.8. The summed E-state index contributed by atoms with van der Waals surface area (Å²) in [6.07, 6.45) is -0.146. The Bertz CT molecular complexity index is 1200. The summed E-state index contributed by atoms with van der Waals surface area (Å²) in [6.45, 7) is 1.44. The molecule has 1 aromatic rings. The largest absolute Gasteiger partial charge is 0.455 e. The maximum absolute atomic E-state index is 14.4. The number of likely N-dealkylation sites (tertiary alicyclic amines) is 1. The highest BCUT2D eigenvalue weighted by Crippen LogP contribution is 2.78. The number of hydrogen-bond donors (Lipinski definition) is 1. The summed E-state index contributed by atoms with van der Waals surface area (Å²) in [5.74, 6) is -1.64. The van der Waals surface area contributed by atoms with Gasteiger partial charge in [0.15, 0.2) is 5.78 Å². The molecule has 9 nitrogen and oxygen atoms in total. The number of methoxy groups -OCH3 is 4. The van der Waals surface area contributed by atoms with E-state index >= 15 is 0 Å². The summed E-state index contributed by atoms with van der Waals surface area (Å²) in [4.78, 5) is 30.3. The summed E-state index contributed by atoms with van der Waals surface area (Å²) in [5, 5.41) is 12.4. The Morgan fingerprint density at radius 1 is 1.07 bits per heavy atom. The van der Waals surface area contributed by atoms with Gasteiger partial charge in [-0.1, -0.05) is 18.2 Å². The number of piperidine rings is 1. The molecule has 6 aliphatic rings. The maximum atomic E-state index is 14.4. The van der Waals surface area contributed by atoms with Crippen LogP contribution in [0.15, 0.2) is 30.3 Å². The molecule has 13 atom stereocenters. The molecular weight excluding hydrogens is 514 g/mol. The van der Waals surface area contributed by atoms with E-state index in [1.807, 2.05) is 6.07 Å². The third-order valence-electron chi connectivity index (χ3n) is 12.1. The zero-order valence-corrected chi connectivity index (χ0v) is 23.9. The van der Waals surface area contributed by atoms with Gasteiger partial charge in [-0.15, -0.1) is 0 Å². The second kappa shape index (κ2) is 9.06. The van der Waals surface area contributed by atoms with E-state index in [9.17, 15) is 14.7 Å². The zero-order chi connectivity index (χ0) is 28.2. The minimum absolute atomic E-state index is 0.0244. The second-order valence-electron chi connectivity index (χ2n) is 13.3. The number of carbonyl (C=O) groups is 2. The molecule has 6 fully saturated rings. The van der Waals surface area contributed by atoms with Gasteiger partial charge in [0.25, 0.3) is 0 Å². The van der Waals surface area contributed by atoms with Gasteiger partial charge in [-0.2, -0.15) is 0 Å². The van der Waals surface area contributed by atoms with E-state index in [0.717, 1.165) is 19.4 Å². The number of fused-ring (bicyclic) bond motifs is 2. The average molecular weight is 556 g/mol. The van der Waals surface area contributed by atoms with E-state index in [1.54, 1.807) is 45.6 Å². The Labute approximate surface area is 235 Å². The number of hydrogen-bond acceptors (Lipinski definition) is 9. The van der Waals surface area contributed by atoms with E-state index in [-0.39, 0.29) is 53.1 Å². The molecule has 1 spiro atoms. The van der Waals surface area contributed by atoms with Crippen LogP contribution in [0.2, 0.25) is 0 Å². The summed E-state index contributed by atoms with van der Waals surface area (Å²) >= 11 is 0. The van der Waals surface area contributed by atoms with Crippen LogP contribution in [-0.2, 0) is 28.5 Å². The molecule has 9 heteroatoms. The molecule has 7 bridgehead atoms. The van der Waals surface area contributed by atoms with Gasteiger partial charge < -0.3 is 33.7 Å². The topological polar surface area (TPSA) is 104 Å². The summed E-state index contributed by atoms with van der Waals surface area (Å²) in [6, 6.07) is 8.86. The quantitative estimate of drug-likeness (QED) is 0.505. The lowest BCUT2D eigenvalue weighted by Gasteiger charge is -2.67. The number of ketones is 1. The van der Waals surface area contributed by atoms with Gasteiger partial charge in [0.1, 0.15) is 17.8 Å². The number of aliphatic hydroxyl groups is 1.